The number of hydrogen-bond donors (Lipinski definition) is 1. The van der Waals surface area contributed by atoms with E-state index in [0.717, 1.165) is 20.6 Å². The number of aryl methyl sites for hydroxylation is 1. The lowest BCUT2D eigenvalue weighted by molar-refractivity contribution is 0.750. The van der Waals surface area contributed by atoms with Gasteiger partial charge in [-0.15, -0.1) is 0 Å². The number of rotatable bonds is 4. The number of nitriles is 1. The molecule has 0 fully saturated rings. The third-order valence-electron chi connectivity index (χ3n) is 2.43. The third kappa shape index (κ3) is 2.79. The van der Waals surface area contributed by atoms with Crippen LogP contribution in [0.1, 0.15) is 17.8 Å². The molecule has 92 valence electrons. The Bertz CT molecular complexity index is 623. The Morgan fingerprint density at radius 2 is 2.44 bits per heavy atom. The minimum Gasteiger partial charge on any atom is -0.309 e. The van der Waals surface area contributed by atoms with Crippen LogP contribution >= 0.6 is 22.6 Å². The van der Waals surface area contributed by atoms with Gasteiger partial charge in [0.2, 0.25) is 0 Å². The lowest BCUT2D eigenvalue weighted by Crippen LogP contribution is -2.07. The summed E-state index contributed by atoms with van der Waals surface area (Å²) in [6, 6.07) is 6.06. The molecule has 0 spiro atoms. The molecule has 0 bridgehead atoms. The maximum atomic E-state index is 8.41. The first-order chi connectivity index (χ1) is 8.72. The lowest BCUT2D eigenvalue weighted by Gasteiger charge is -1.98. The van der Waals surface area contributed by atoms with E-state index in [1.54, 1.807) is 6.21 Å². The Balaban J connectivity index is 2.24. The highest BCUT2D eigenvalue weighted by Gasteiger charge is 2.06. The molecule has 18 heavy (non-hydrogen) atoms. The van der Waals surface area contributed by atoms with Crippen LogP contribution in [0.5, 0.6) is 0 Å². The SMILES string of the molecule is Cc1nc2ccc(I)cn2c1/C=N/NCCC#N. The van der Waals surface area contributed by atoms with Gasteiger partial charge in [-0.2, -0.15) is 10.4 Å². The highest BCUT2D eigenvalue weighted by molar-refractivity contribution is 14.1. The summed E-state index contributed by atoms with van der Waals surface area (Å²) in [7, 11) is 0. The minimum atomic E-state index is 0.446. The van der Waals surface area contributed by atoms with Crippen molar-refractivity contribution in [1.29, 1.82) is 5.26 Å². The van der Waals surface area contributed by atoms with Gasteiger partial charge in [-0.25, -0.2) is 4.98 Å². The molecule has 0 radical (unpaired) electrons. The molecule has 5 nitrogen and oxygen atoms in total. The summed E-state index contributed by atoms with van der Waals surface area (Å²) in [5, 5.41) is 12.5. The number of imidazole rings is 1. The molecule has 0 saturated heterocycles. The Morgan fingerprint density at radius 1 is 1.61 bits per heavy atom. The van der Waals surface area contributed by atoms with Crippen LogP contribution < -0.4 is 5.43 Å². The summed E-state index contributed by atoms with van der Waals surface area (Å²) in [5.74, 6) is 0. The van der Waals surface area contributed by atoms with Gasteiger partial charge in [0.25, 0.3) is 0 Å². The van der Waals surface area contributed by atoms with Gasteiger partial charge < -0.3 is 5.43 Å². The Kier molecular flexibility index (Phi) is 4.15. The van der Waals surface area contributed by atoms with E-state index >= 15 is 0 Å². The largest absolute Gasteiger partial charge is 0.309 e. The predicted octanol–water partition coefficient (Wildman–Crippen LogP) is 2.08. The summed E-state index contributed by atoms with van der Waals surface area (Å²) in [6.45, 7) is 2.51. The smallest absolute Gasteiger partial charge is 0.137 e. The zero-order chi connectivity index (χ0) is 13.0. The van der Waals surface area contributed by atoms with E-state index in [9.17, 15) is 0 Å². The van der Waals surface area contributed by atoms with E-state index < -0.39 is 0 Å². The van der Waals surface area contributed by atoms with Crippen LogP contribution in [0.15, 0.2) is 23.4 Å². The number of pyridine rings is 1. The van der Waals surface area contributed by atoms with Crippen LogP contribution in [-0.2, 0) is 0 Å². The van der Waals surface area contributed by atoms with Crippen LogP contribution in [0, 0.1) is 21.8 Å². The van der Waals surface area contributed by atoms with Crippen molar-refractivity contribution < 1.29 is 0 Å². The van der Waals surface area contributed by atoms with Gasteiger partial charge in [-0.3, -0.25) is 4.40 Å². The highest BCUT2D eigenvalue weighted by atomic mass is 127. The van der Waals surface area contributed by atoms with E-state index in [-0.39, 0.29) is 0 Å². The molecule has 2 aromatic rings. The second kappa shape index (κ2) is 5.82. The molecule has 0 atom stereocenters. The standard InChI is InChI=1S/C12H12IN5/c1-9-11(7-16-15-6-2-5-14)18-8-10(13)3-4-12(18)17-9/h3-4,7-8,15H,2,6H2,1H3/b16-7+. The molecule has 0 aliphatic heterocycles. The maximum absolute atomic E-state index is 8.41. The van der Waals surface area contributed by atoms with Gasteiger partial charge in [0, 0.05) is 16.3 Å². The summed E-state index contributed by atoms with van der Waals surface area (Å²) < 4.78 is 3.15. The van der Waals surface area contributed by atoms with Crippen molar-refractivity contribution in [3.8, 4) is 6.07 Å². The average Bonchev–Trinajstić information content (AvgIpc) is 2.65. The van der Waals surface area contributed by atoms with Crippen LogP contribution in [0.3, 0.4) is 0 Å². The first-order valence-corrected chi connectivity index (χ1v) is 6.57. The summed E-state index contributed by atoms with van der Waals surface area (Å²) in [5.41, 5.74) is 5.63. The van der Waals surface area contributed by atoms with Gasteiger partial charge in [0.1, 0.15) is 5.65 Å². The number of nitrogens with zero attached hydrogens (tertiary/aromatic N) is 4. The topological polar surface area (TPSA) is 65.5 Å². The van der Waals surface area contributed by atoms with E-state index in [1.807, 2.05) is 29.7 Å². The molecule has 6 heteroatoms. The first kappa shape index (κ1) is 12.8. The van der Waals surface area contributed by atoms with Crippen LogP contribution in [0.4, 0.5) is 0 Å². The average molecular weight is 353 g/mol. The highest BCUT2D eigenvalue weighted by Crippen LogP contribution is 2.13. The quantitative estimate of drug-likeness (QED) is 0.396. The minimum absolute atomic E-state index is 0.446. The number of hydrogen-bond acceptors (Lipinski definition) is 4. The monoisotopic (exact) mass is 353 g/mol. The fourth-order valence-corrected chi connectivity index (χ4v) is 2.05. The van der Waals surface area contributed by atoms with Crippen molar-refractivity contribution in [3.05, 3.63) is 33.3 Å². The number of nitrogens with one attached hydrogen (secondary N) is 1. The molecule has 0 unspecified atom stereocenters. The molecule has 0 saturated carbocycles. The lowest BCUT2D eigenvalue weighted by atomic mass is 10.4. The van der Waals surface area contributed by atoms with Gasteiger partial charge in [0.05, 0.1) is 30.1 Å². The molecule has 2 heterocycles. The molecule has 2 aromatic heterocycles. The zero-order valence-corrected chi connectivity index (χ0v) is 12.0. The predicted molar refractivity (Wildman–Crippen MR) is 78.5 cm³/mol. The van der Waals surface area contributed by atoms with Crippen molar-refractivity contribution in [2.45, 2.75) is 13.3 Å². The van der Waals surface area contributed by atoms with E-state index in [1.165, 1.54) is 0 Å². The normalized spacial score (nSPS) is 10.9. The van der Waals surface area contributed by atoms with Crippen molar-refractivity contribution in [1.82, 2.24) is 14.8 Å². The fraction of sp³-hybridized carbons (Fsp3) is 0.250. The van der Waals surface area contributed by atoms with Crippen LogP contribution in [-0.4, -0.2) is 22.1 Å². The van der Waals surface area contributed by atoms with Gasteiger partial charge >= 0.3 is 0 Å². The van der Waals surface area contributed by atoms with E-state index in [2.05, 4.69) is 44.2 Å². The van der Waals surface area contributed by atoms with Crippen molar-refractivity contribution in [2.75, 3.05) is 6.54 Å². The fourth-order valence-electron chi connectivity index (χ4n) is 1.59. The van der Waals surface area contributed by atoms with E-state index in [4.69, 9.17) is 5.26 Å². The Morgan fingerprint density at radius 3 is 3.22 bits per heavy atom. The molecule has 1 N–H and O–H groups in total. The molecule has 0 aliphatic carbocycles. The Labute approximate surface area is 119 Å². The number of aromatic nitrogens is 2. The second-order valence-corrected chi connectivity index (χ2v) is 4.98. The third-order valence-corrected chi connectivity index (χ3v) is 3.07. The second-order valence-electron chi connectivity index (χ2n) is 3.73. The number of halogens is 1. The zero-order valence-electron chi connectivity index (χ0n) is 9.89. The summed E-state index contributed by atoms with van der Waals surface area (Å²) >= 11 is 2.27. The number of hydrazone groups is 1. The first-order valence-electron chi connectivity index (χ1n) is 5.49. The van der Waals surface area contributed by atoms with Crippen LogP contribution in [0.2, 0.25) is 0 Å². The van der Waals surface area contributed by atoms with Gasteiger partial charge in [-0.05, 0) is 41.6 Å². The van der Waals surface area contributed by atoms with Gasteiger partial charge in [0.15, 0.2) is 0 Å². The molecule has 2 rings (SSSR count). The van der Waals surface area contributed by atoms with E-state index in [0.29, 0.717) is 13.0 Å². The molecular formula is C12H12IN5. The Hall–Kier alpha value is -1.62. The maximum Gasteiger partial charge on any atom is 0.137 e. The molecule has 0 aromatic carbocycles. The summed E-state index contributed by atoms with van der Waals surface area (Å²) in [6.07, 6.45) is 4.21. The van der Waals surface area contributed by atoms with Crippen molar-refractivity contribution in [2.24, 2.45) is 5.10 Å². The number of fused-ring (bicyclic) bond motifs is 1. The van der Waals surface area contributed by atoms with Crippen molar-refractivity contribution in [3.63, 3.8) is 0 Å². The molecule has 0 amide bonds. The van der Waals surface area contributed by atoms with Crippen LogP contribution in [0.25, 0.3) is 5.65 Å². The summed E-state index contributed by atoms with van der Waals surface area (Å²) in [4.78, 5) is 4.46. The van der Waals surface area contributed by atoms with Gasteiger partial charge in [-0.1, -0.05) is 0 Å². The van der Waals surface area contributed by atoms with Crippen molar-refractivity contribution >= 4 is 34.5 Å². The molecule has 0 aliphatic rings. The molecular weight excluding hydrogens is 341 g/mol.